The summed E-state index contributed by atoms with van der Waals surface area (Å²) in [7, 11) is 0. The molecule has 1 rings (SSSR count). The molecular formula is C12H17NO. The first kappa shape index (κ1) is 10.8. The van der Waals surface area contributed by atoms with E-state index in [0.29, 0.717) is 6.54 Å². The standard InChI is InChI=1S/C12H17NO/c1-3-7-10-8-5-6-9-11(10)12(14)13-4-2/h5-6,8-9H,3-4,7H2,1-2H3,(H,13,14). The van der Waals surface area contributed by atoms with Crippen molar-refractivity contribution in [2.24, 2.45) is 0 Å². The largest absolute Gasteiger partial charge is 0.352 e. The molecule has 14 heavy (non-hydrogen) atoms. The smallest absolute Gasteiger partial charge is 0.251 e. The number of nitrogens with one attached hydrogen (secondary N) is 1. The first-order chi connectivity index (χ1) is 6.79. The second kappa shape index (κ2) is 5.43. The number of aryl methyl sites for hydroxylation is 1. The third kappa shape index (κ3) is 2.59. The predicted octanol–water partition coefficient (Wildman–Crippen LogP) is 2.39. The highest BCUT2D eigenvalue weighted by molar-refractivity contribution is 5.95. The summed E-state index contributed by atoms with van der Waals surface area (Å²) in [5.74, 6) is 0.0385. The molecule has 0 atom stereocenters. The van der Waals surface area contributed by atoms with E-state index in [0.717, 1.165) is 24.0 Å². The second-order valence-corrected chi connectivity index (χ2v) is 3.27. The van der Waals surface area contributed by atoms with Crippen LogP contribution in [-0.4, -0.2) is 12.5 Å². The summed E-state index contributed by atoms with van der Waals surface area (Å²) in [6.45, 7) is 4.73. The topological polar surface area (TPSA) is 29.1 Å². The molecule has 1 N–H and O–H groups in total. The van der Waals surface area contributed by atoms with Crippen LogP contribution in [0.3, 0.4) is 0 Å². The summed E-state index contributed by atoms with van der Waals surface area (Å²) in [5, 5.41) is 2.82. The first-order valence-electron chi connectivity index (χ1n) is 5.15. The van der Waals surface area contributed by atoms with Crippen molar-refractivity contribution < 1.29 is 4.79 Å². The van der Waals surface area contributed by atoms with Crippen LogP contribution in [0.1, 0.15) is 36.2 Å². The van der Waals surface area contributed by atoms with Crippen LogP contribution in [0.15, 0.2) is 24.3 Å². The molecule has 0 radical (unpaired) electrons. The lowest BCUT2D eigenvalue weighted by atomic mass is 10.0. The third-order valence-corrected chi connectivity index (χ3v) is 2.12. The van der Waals surface area contributed by atoms with Crippen LogP contribution in [0.2, 0.25) is 0 Å². The average molecular weight is 191 g/mol. The number of hydrogen-bond acceptors (Lipinski definition) is 1. The Morgan fingerprint density at radius 3 is 2.64 bits per heavy atom. The summed E-state index contributed by atoms with van der Waals surface area (Å²) < 4.78 is 0. The highest BCUT2D eigenvalue weighted by atomic mass is 16.1. The highest BCUT2D eigenvalue weighted by Crippen LogP contribution is 2.10. The summed E-state index contributed by atoms with van der Waals surface area (Å²) in [4.78, 5) is 11.6. The van der Waals surface area contributed by atoms with Crippen molar-refractivity contribution >= 4 is 5.91 Å². The zero-order valence-electron chi connectivity index (χ0n) is 8.84. The van der Waals surface area contributed by atoms with Gasteiger partial charge in [-0.15, -0.1) is 0 Å². The van der Waals surface area contributed by atoms with Crippen LogP contribution in [0.5, 0.6) is 0 Å². The fourth-order valence-corrected chi connectivity index (χ4v) is 1.48. The molecule has 2 heteroatoms. The van der Waals surface area contributed by atoms with Crippen molar-refractivity contribution in [3.05, 3.63) is 35.4 Å². The van der Waals surface area contributed by atoms with Gasteiger partial charge in [0.1, 0.15) is 0 Å². The Balaban J connectivity index is 2.88. The molecule has 76 valence electrons. The van der Waals surface area contributed by atoms with Crippen molar-refractivity contribution in [1.29, 1.82) is 0 Å². The number of hydrogen-bond donors (Lipinski definition) is 1. The number of rotatable bonds is 4. The van der Waals surface area contributed by atoms with Gasteiger partial charge in [0, 0.05) is 12.1 Å². The SMILES string of the molecule is CCCc1ccccc1C(=O)NCC. The van der Waals surface area contributed by atoms with Gasteiger partial charge in [-0.3, -0.25) is 4.79 Å². The fourth-order valence-electron chi connectivity index (χ4n) is 1.48. The van der Waals surface area contributed by atoms with Gasteiger partial charge in [0.25, 0.3) is 5.91 Å². The second-order valence-electron chi connectivity index (χ2n) is 3.27. The molecule has 0 aliphatic rings. The number of carbonyl (C=O) groups is 1. The lowest BCUT2D eigenvalue weighted by molar-refractivity contribution is 0.0955. The van der Waals surface area contributed by atoms with Gasteiger partial charge >= 0.3 is 0 Å². The van der Waals surface area contributed by atoms with E-state index in [1.54, 1.807) is 0 Å². The fraction of sp³-hybridized carbons (Fsp3) is 0.417. The molecule has 0 aromatic heterocycles. The molecule has 2 nitrogen and oxygen atoms in total. The summed E-state index contributed by atoms with van der Waals surface area (Å²) >= 11 is 0. The molecule has 1 aromatic rings. The van der Waals surface area contributed by atoms with Gasteiger partial charge in [0.2, 0.25) is 0 Å². The maximum absolute atomic E-state index is 11.6. The lowest BCUT2D eigenvalue weighted by Crippen LogP contribution is -2.23. The minimum Gasteiger partial charge on any atom is -0.352 e. The van der Waals surface area contributed by atoms with E-state index in [9.17, 15) is 4.79 Å². The van der Waals surface area contributed by atoms with Crippen molar-refractivity contribution in [2.75, 3.05) is 6.54 Å². The van der Waals surface area contributed by atoms with Crippen molar-refractivity contribution in [1.82, 2.24) is 5.32 Å². The van der Waals surface area contributed by atoms with Gasteiger partial charge in [0.05, 0.1) is 0 Å². The molecule has 1 amide bonds. The molecule has 0 bridgehead atoms. The molecule has 0 fully saturated rings. The van der Waals surface area contributed by atoms with E-state index in [2.05, 4.69) is 12.2 Å². The van der Waals surface area contributed by atoms with Gasteiger partial charge < -0.3 is 5.32 Å². The van der Waals surface area contributed by atoms with Crippen LogP contribution in [0, 0.1) is 0 Å². The molecule has 0 saturated carbocycles. The average Bonchev–Trinajstić information content (AvgIpc) is 2.19. The van der Waals surface area contributed by atoms with Crippen LogP contribution in [-0.2, 0) is 6.42 Å². The maximum Gasteiger partial charge on any atom is 0.251 e. The first-order valence-corrected chi connectivity index (χ1v) is 5.15. The number of benzene rings is 1. The van der Waals surface area contributed by atoms with Crippen LogP contribution < -0.4 is 5.32 Å². The Kier molecular flexibility index (Phi) is 4.17. The minimum atomic E-state index is 0.0385. The van der Waals surface area contributed by atoms with Crippen LogP contribution >= 0.6 is 0 Å². The maximum atomic E-state index is 11.6. The predicted molar refractivity (Wildman–Crippen MR) is 58.4 cm³/mol. The molecule has 1 aromatic carbocycles. The van der Waals surface area contributed by atoms with Gasteiger partial charge in [-0.1, -0.05) is 31.5 Å². The van der Waals surface area contributed by atoms with Crippen molar-refractivity contribution in [2.45, 2.75) is 26.7 Å². The van der Waals surface area contributed by atoms with E-state index >= 15 is 0 Å². The zero-order valence-corrected chi connectivity index (χ0v) is 8.84. The van der Waals surface area contributed by atoms with E-state index in [4.69, 9.17) is 0 Å². The summed E-state index contributed by atoms with van der Waals surface area (Å²) in [6, 6.07) is 7.79. The Labute approximate surface area is 85.3 Å². The lowest BCUT2D eigenvalue weighted by Gasteiger charge is -2.07. The zero-order chi connectivity index (χ0) is 10.4. The van der Waals surface area contributed by atoms with E-state index in [1.165, 1.54) is 0 Å². The van der Waals surface area contributed by atoms with E-state index in [-0.39, 0.29) is 5.91 Å². The van der Waals surface area contributed by atoms with Gasteiger partial charge in [-0.05, 0) is 25.0 Å². The normalized spacial score (nSPS) is 9.86. The molecule has 0 aliphatic carbocycles. The number of carbonyl (C=O) groups excluding carboxylic acids is 1. The Morgan fingerprint density at radius 2 is 2.00 bits per heavy atom. The molecule has 0 saturated heterocycles. The molecule has 0 unspecified atom stereocenters. The van der Waals surface area contributed by atoms with E-state index < -0.39 is 0 Å². The summed E-state index contributed by atoms with van der Waals surface area (Å²) in [6.07, 6.45) is 2.03. The third-order valence-electron chi connectivity index (χ3n) is 2.12. The molecular weight excluding hydrogens is 174 g/mol. The van der Waals surface area contributed by atoms with Gasteiger partial charge in [-0.25, -0.2) is 0 Å². The number of amides is 1. The highest BCUT2D eigenvalue weighted by Gasteiger charge is 2.08. The van der Waals surface area contributed by atoms with Crippen LogP contribution in [0.25, 0.3) is 0 Å². The molecule has 0 spiro atoms. The Morgan fingerprint density at radius 1 is 1.29 bits per heavy atom. The quantitative estimate of drug-likeness (QED) is 0.778. The Hall–Kier alpha value is -1.31. The summed E-state index contributed by atoms with van der Waals surface area (Å²) in [5.41, 5.74) is 1.96. The van der Waals surface area contributed by atoms with Crippen molar-refractivity contribution in [3.8, 4) is 0 Å². The van der Waals surface area contributed by atoms with Gasteiger partial charge in [-0.2, -0.15) is 0 Å². The Bertz CT molecular complexity index is 307. The minimum absolute atomic E-state index is 0.0385. The monoisotopic (exact) mass is 191 g/mol. The van der Waals surface area contributed by atoms with Crippen LogP contribution in [0.4, 0.5) is 0 Å². The molecule has 0 heterocycles. The molecule has 0 aliphatic heterocycles. The van der Waals surface area contributed by atoms with Gasteiger partial charge in [0.15, 0.2) is 0 Å². The van der Waals surface area contributed by atoms with Crippen molar-refractivity contribution in [3.63, 3.8) is 0 Å². The van der Waals surface area contributed by atoms with E-state index in [1.807, 2.05) is 31.2 Å².